The molecule has 0 spiro atoms. The summed E-state index contributed by atoms with van der Waals surface area (Å²) in [6, 6.07) is 15.9. The fourth-order valence-electron chi connectivity index (χ4n) is 2.98. The molecular formula is C22H22N4O. The first kappa shape index (κ1) is 18.3. The first-order valence-corrected chi connectivity index (χ1v) is 8.74. The molecule has 2 N–H and O–H groups in total. The number of anilines is 1. The van der Waals surface area contributed by atoms with E-state index in [0.29, 0.717) is 6.54 Å². The van der Waals surface area contributed by atoms with Crippen LogP contribution in [0.25, 0.3) is 10.9 Å². The summed E-state index contributed by atoms with van der Waals surface area (Å²) in [6.07, 6.45) is 7.17. The van der Waals surface area contributed by atoms with Gasteiger partial charge in [0.15, 0.2) is 0 Å². The van der Waals surface area contributed by atoms with Crippen molar-refractivity contribution in [3.63, 3.8) is 0 Å². The van der Waals surface area contributed by atoms with Gasteiger partial charge in [0.1, 0.15) is 0 Å². The highest BCUT2D eigenvalue weighted by Gasteiger charge is 2.11. The maximum absolute atomic E-state index is 12.0. The zero-order valence-corrected chi connectivity index (χ0v) is 15.5. The van der Waals surface area contributed by atoms with Crippen molar-refractivity contribution in [2.75, 3.05) is 11.9 Å². The number of hydrogen-bond acceptors (Lipinski definition) is 3. The summed E-state index contributed by atoms with van der Waals surface area (Å²) in [5.74, 6) is 2.47. The maximum Gasteiger partial charge on any atom is 0.259 e. The van der Waals surface area contributed by atoms with Crippen LogP contribution in [-0.4, -0.2) is 23.2 Å². The van der Waals surface area contributed by atoms with Gasteiger partial charge in [-0.25, -0.2) is 5.43 Å². The second kappa shape index (κ2) is 8.24. The van der Waals surface area contributed by atoms with Gasteiger partial charge in [-0.15, -0.1) is 6.42 Å². The second-order valence-electron chi connectivity index (χ2n) is 6.32. The van der Waals surface area contributed by atoms with Crippen LogP contribution in [0.1, 0.15) is 16.8 Å². The van der Waals surface area contributed by atoms with Crippen LogP contribution in [0.5, 0.6) is 0 Å². The number of carbonyl (C=O) groups is 1. The van der Waals surface area contributed by atoms with E-state index in [9.17, 15) is 4.79 Å². The fraction of sp³-hybridized carbons (Fsp3) is 0.182. The quantitative estimate of drug-likeness (QED) is 0.403. The van der Waals surface area contributed by atoms with Gasteiger partial charge >= 0.3 is 0 Å². The lowest BCUT2D eigenvalue weighted by Gasteiger charge is -2.05. The zero-order valence-electron chi connectivity index (χ0n) is 15.5. The number of terminal acetylenes is 1. The number of nitrogens with zero attached hydrogens (tertiary/aromatic N) is 2. The Balaban J connectivity index is 1.67. The third kappa shape index (κ3) is 4.18. The predicted octanol–water partition coefficient (Wildman–Crippen LogP) is 3.45. The van der Waals surface area contributed by atoms with E-state index in [4.69, 9.17) is 6.42 Å². The van der Waals surface area contributed by atoms with E-state index < -0.39 is 0 Å². The highest BCUT2D eigenvalue weighted by Crippen LogP contribution is 2.24. The molecule has 0 atom stereocenters. The zero-order chi connectivity index (χ0) is 19.2. The van der Waals surface area contributed by atoms with Gasteiger partial charge in [-0.3, -0.25) is 4.79 Å². The van der Waals surface area contributed by atoms with Crippen molar-refractivity contribution in [1.82, 2.24) is 9.99 Å². The van der Waals surface area contributed by atoms with Gasteiger partial charge in [-0.1, -0.05) is 41.8 Å². The smallest absolute Gasteiger partial charge is 0.259 e. The van der Waals surface area contributed by atoms with Gasteiger partial charge in [0.25, 0.3) is 5.91 Å². The number of carbonyl (C=O) groups excluding carboxylic acids is 1. The summed E-state index contributed by atoms with van der Waals surface area (Å²) < 4.78 is 2.07. The Kier molecular flexibility index (Phi) is 5.58. The van der Waals surface area contributed by atoms with Crippen LogP contribution in [0, 0.1) is 26.2 Å². The highest BCUT2D eigenvalue weighted by atomic mass is 16.2. The molecule has 0 saturated carbocycles. The van der Waals surface area contributed by atoms with Crippen LogP contribution in [0.2, 0.25) is 0 Å². The molecular weight excluding hydrogens is 336 g/mol. The standard InChI is InChI=1S/C22H22N4O/c1-4-13-26-17(3)20(19-7-5-6-8-21(19)26)14-24-25-22(27)15-23-18-11-9-16(2)10-12-18/h1,5-12,14,23H,13,15H2,2-3H3,(H,25,27)/b24-14-. The molecule has 136 valence electrons. The third-order valence-electron chi connectivity index (χ3n) is 4.42. The van der Waals surface area contributed by atoms with Crippen LogP contribution in [0.15, 0.2) is 53.6 Å². The minimum Gasteiger partial charge on any atom is -0.376 e. The molecule has 27 heavy (non-hydrogen) atoms. The van der Waals surface area contributed by atoms with Crippen molar-refractivity contribution in [1.29, 1.82) is 0 Å². The van der Waals surface area contributed by atoms with Gasteiger partial charge in [0.2, 0.25) is 0 Å². The minimum absolute atomic E-state index is 0.151. The summed E-state index contributed by atoms with van der Waals surface area (Å²) in [5.41, 5.74) is 7.66. The number of rotatable bonds is 6. The summed E-state index contributed by atoms with van der Waals surface area (Å²) in [6.45, 7) is 4.67. The minimum atomic E-state index is -0.211. The van der Waals surface area contributed by atoms with Crippen molar-refractivity contribution < 1.29 is 4.79 Å². The Morgan fingerprint density at radius 2 is 1.93 bits per heavy atom. The molecule has 5 heteroatoms. The Morgan fingerprint density at radius 1 is 1.19 bits per heavy atom. The molecule has 3 rings (SSSR count). The van der Waals surface area contributed by atoms with Crippen molar-refractivity contribution in [2.24, 2.45) is 5.10 Å². The SMILES string of the molecule is C#CCn1c(C)c(/C=N\NC(=O)CNc2ccc(C)cc2)c2ccccc21. The Morgan fingerprint density at radius 3 is 2.67 bits per heavy atom. The molecule has 1 heterocycles. The summed E-state index contributed by atoms with van der Waals surface area (Å²) in [5, 5.41) is 8.25. The molecule has 0 fully saturated rings. The van der Waals surface area contributed by atoms with Crippen molar-refractivity contribution in [3.05, 3.63) is 65.4 Å². The van der Waals surface area contributed by atoms with Gasteiger partial charge < -0.3 is 9.88 Å². The van der Waals surface area contributed by atoms with Crippen LogP contribution in [-0.2, 0) is 11.3 Å². The first-order valence-electron chi connectivity index (χ1n) is 8.74. The van der Waals surface area contributed by atoms with E-state index in [1.165, 1.54) is 5.56 Å². The van der Waals surface area contributed by atoms with Crippen LogP contribution in [0.4, 0.5) is 5.69 Å². The molecule has 1 aromatic heterocycles. The molecule has 0 saturated heterocycles. The van der Waals surface area contributed by atoms with E-state index in [1.54, 1.807) is 6.21 Å². The van der Waals surface area contributed by atoms with E-state index in [2.05, 4.69) is 26.3 Å². The lowest BCUT2D eigenvalue weighted by molar-refractivity contribution is -0.119. The fourth-order valence-corrected chi connectivity index (χ4v) is 2.98. The summed E-state index contributed by atoms with van der Waals surface area (Å²) in [7, 11) is 0. The molecule has 0 unspecified atom stereocenters. The summed E-state index contributed by atoms with van der Waals surface area (Å²) in [4.78, 5) is 12.0. The number of aryl methyl sites for hydroxylation is 1. The molecule has 1 amide bonds. The number of amides is 1. The number of aromatic nitrogens is 1. The number of hydrogen-bond donors (Lipinski definition) is 2. The molecule has 5 nitrogen and oxygen atoms in total. The topological polar surface area (TPSA) is 58.4 Å². The Labute approximate surface area is 159 Å². The number of nitrogens with one attached hydrogen (secondary N) is 2. The lowest BCUT2D eigenvalue weighted by Crippen LogP contribution is -2.25. The normalized spacial score (nSPS) is 10.9. The average molecular weight is 358 g/mol. The summed E-state index contributed by atoms with van der Waals surface area (Å²) >= 11 is 0. The average Bonchev–Trinajstić information content (AvgIpc) is 2.94. The van der Waals surface area contributed by atoms with Gasteiger partial charge in [0, 0.05) is 27.8 Å². The van der Waals surface area contributed by atoms with Gasteiger partial charge in [0.05, 0.1) is 19.3 Å². The molecule has 0 radical (unpaired) electrons. The van der Waals surface area contributed by atoms with Gasteiger partial charge in [-0.2, -0.15) is 5.10 Å². The Bertz CT molecular complexity index is 1020. The lowest BCUT2D eigenvalue weighted by atomic mass is 10.1. The molecule has 0 aliphatic rings. The molecule has 0 aliphatic carbocycles. The number of fused-ring (bicyclic) bond motifs is 1. The number of hydrazone groups is 1. The van der Waals surface area contributed by atoms with Crippen molar-refractivity contribution in [3.8, 4) is 12.3 Å². The molecule has 0 bridgehead atoms. The van der Waals surface area contributed by atoms with Crippen molar-refractivity contribution >= 4 is 28.7 Å². The second-order valence-corrected chi connectivity index (χ2v) is 6.32. The van der Waals surface area contributed by atoms with E-state index in [0.717, 1.165) is 27.8 Å². The van der Waals surface area contributed by atoms with Crippen LogP contribution in [0.3, 0.4) is 0 Å². The van der Waals surface area contributed by atoms with Crippen molar-refractivity contribution in [2.45, 2.75) is 20.4 Å². The molecule has 0 aliphatic heterocycles. The van der Waals surface area contributed by atoms with E-state index >= 15 is 0 Å². The maximum atomic E-state index is 12.0. The largest absolute Gasteiger partial charge is 0.376 e. The Hall–Kier alpha value is -3.52. The third-order valence-corrected chi connectivity index (χ3v) is 4.42. The van der Waals surface area contributed by atoms with Crippen LogP contribution >= 0.6 is 0 Å². The molecule has 3 aromatic rings. The highest BCUT2D eigenvalue weighted by molar-refractivity contribution is 6.01. The van der Waals surface area contributed by atoms with Gasteiger partial charge in [-0.05, 0) is 32.0 Å². The predicted molar refractivity (Wildman–Crippen MR) is 111 cm³/mol. The van der Waals surface area contributed by atoms with Crippen LogP contribution < -0.4 is 10.7 Å². The number of benzene rings is 2. The van der Waals surface area contributed by atoms with E-state index in [1.807, 2.05) is 62.4 Å². The first-order chi connectivity index (χ1) is 13.1. The number of para-hydroxylation sites is 1. The molecule has 2 aromatic carbocycles. The van der Waals surface area contributed by atoms with E-state index in [-0.39, 0.29) is 12.5 Å². The monoisotopic (exact) mass is 358 g/mol.